The summed E-state index contributed by atoms with van der Waals surface area (Å²) in [4.78, 5) is 10.7. The predicted octanol–water partition coefficient (Wildman–Crippen LogP) is 0.931. The Bertz CT molecular complexity index is 312. The topological polar surface area (TPSA) is 63.3 Å². The molecule has 1 aromatic carbocycles. The van der Waals surface area contributed by atoms with E-state index in [2.05, 4.69) is 0 Å². The van der Waals surface area contributed by atoms with E-state index < -0.39 is 5.91 Å². The largest absolute Gasteiger partial charge is 0.392 e. The Morgan fingerprint density at radius 2 is 2.25 bits per heavy atom. The molecule has 0 fully saturated rings. The number of hydrogen-bond donors (Lipinski definition) is 2. The first kappa shape index (κ1) is 9.03. The molecule has 4 heteroatoms. The Hall–Kier alpha value is -1.06. The molecular formula is C8H8ClNO2. The number of nitrogens with two attached hydrogens (primary N) is 1. The van der Waals surface area contributed by atoms with Gasteiger partial charge in [0, 0.05) is 10.6 Å². The van der Waals surface area contributed by atoms with Crippen molar-refractivity contribution in [3.8, 4) is 0 Å². The number of primary amides is 1. The molecule has 64 valence electrons. The number of aliphatic hydroxyl groups excluding tert-OH is 1. The first-order chi connectivity index (χ1) is 5.65. The maximum absolute atomic E-state index is 10.7. The molecule has 1 amide bonds. The highest BCUT2D eigenvalue weighted by Crippen LogP contribution is 2.17. The average molecular weight is 186 g/mol. The normalized spacial score (nSPS) is 9.83. The molecule has 1 aromatic rings. The Labute approximate surface area is 74.8 Å². The lowest BCUT2D eigenvalue weighted by molar-refractivity contribution is 0.1000. The van der Waals surface area contributed by atoms with E-state index in [1.165, 1.54) is 18.2 Å². The fourth-order valence-corrected chi connectivity index (χ4v) is 1.03. The van der Waals surface area contributed by atoms with Crippen molar-refractivity contribution in [2.75, 3.05) is 0 Å². The van der Waals surface area contributed by atoms with Gasteiger partial charge in [-0.3, -0.25) is 4.79 Å². The van der Waals surface area contributed by atoms with Crippen LogP contribution < -0.4 is 5.73 Å². The van der Waals surface area contributed by atoms with Crippen LogP contribution in [0.3, 0.4) is 0 Å². The van der Waals surface area contributed by atoms with Crippen LogP contribution in [-0.2, 0) is 6.61 Å². The van der Waals surface area contributed by atoms with Crippen molar-refractivity contribution in [2.24, 2.45) is 5.73 Å². The van der Waals surface area contributed by atoms with Crippen molar-refractivity contribution in [3.05, 3.63) is 34.3 Å². The molecule has 0 aliphatic rings. The molecule has 3 N–H and O–H groups in total. The van der Waals surface area contributed by atoms with E-state index >= 15 is 0 Å². The Morgan fingerprint density at radius 1 is 1.58 bits per heavy atom. The lowest BCUT2D eigenvalue weighted by Gasteiger charge is -2.01. The van der Waals surface area contributed by atoms with Crippen LogP contribution in [0.4, 0.5) is 0 Å². The third kappa shape index (κ3) is 1.75. The number of halogens is 1. The van der Waals surface area contributed by atoms with Gasteiger partial charge in [0.1, 0.15) is 0 Å². The number of carbonyl (C=O) groups excluding carboxylic acids is 1. The molecule has 0 saturated carbocycles. The van der Waals surface area contributed by atoms with Crippen LogP contribution in [-0.4, -0.2) is 11.0 Å². The molecule has 0 aliphatic heterocycles. The van der Waals surface area contributed by atoms with Gasteiger partial charge in [-0.05, 0) is 23.8 Å². The summed E-state index contributed by atoms with van der Waals surface area (Å²) < 4.78 is 0. The maximum Gasteiger partial charge on any atom is 0.248 e. The van der Waals surface area contributed by atoms with Crippen molar-refractivity contribution < 1.29 is 9.90 Å². The van der Waals surface area contributed by atoms with Gasteiger partial charge >= 0.3 is 0 Å². The van der Waals surface area contributed by atoms with Crippen LogP contribution in [0.5, 0.6) is 0 Å². The zero-order valence-electron chi connectivity index (χ0n) is 6.25. The Balaban J connectivity index is 3.13. The van der Waals surface area contributed by atoms with Crippen LogP contribution in [0, 0.1) is 0 Å². The number of benzene rings is 1. The van der Waals surface area contributed by atoms with Gasteiger partial charge in [-0.25, -0.2) is 0 Å². The van der Waals surface area contributed by atoms with Gasteiger partial charge in [0.15, 0.2) is 0 Å². The number of carbonyl (C=O) groups is 1. The molecule has 0 spiro atoms. The molecule has 1 rings (SSSR count). The van der Waals surface area contributed by atoms with Crippen molar-refractivity contribution in [3.63, 3.8) is 0 Å². The van der Waals surface area contributed by atoms with Gasteiger partial charge in [-0.1, -0.05) is 11.6 Å². The molecule has 3 nitrogen and oxygen atoms in total. The summed E-state index contributed by atoms with van der Waals surface area (Å²) in [6.45, 7) is -0.194. The summed E-state index contributed by atoms with van der Waals surface area (Å²) in [5, 5.41) is 9.22. The fraction of sp³-hybridized carbons (Fsp3) is 0.125. The first-order valence-corrected chi connectivity index (χ1v) is 3.72. The number of hydrogen-bond acceptors (Lipinski definition) is 2. The third-order valence-electron chi connectivity index (χ3n) is 1.50. The monoisotopic (exact) mass is 185 g/mol. The minimum atomic E-state index is -0.527. The maximum atomic E-state index is 10.7. The Kier molecular flexibility index (Phi) is 2.68. The molecule has 0 atom stereocenters. The van der Waals surface area contributed by atoms with E-state index in [4.69, 9.17) is 22.4 Å². The smallest absolute Gasteiger partial charge is 0.248 e. The average Bonchev–Trinajstić information content (AvgIpc) is 2.05. The van der Waals surface area contributed by atoms with Crippen LogP contribution in [0.15, 0.2) is 18.2 Å². The van der Waals surface area contributed by atoms with Crippen LogP contribution >= 0.6 is 11.6 Å². The second-order valence-corrected chi connectivity index (χ2v) is 2.74. The number of aliphatic hydroxyl groups is 1. The summed E-state index contributed by atoms with van der Waals surface area (Å²) in [5.41, 5.74) is 5.88. The lowest BCUT2D eigenvalue weighted by Crippen LogP contribution is -2.11. The quantitative estimate of drug-likeness (QED) is 0.720. The molecule has 0 bridgehead atoms. The van der Waals surface area contributed by atoms with E-state index in [0.29, 0.717) is 16.1 Å². The van der Waals surface area contributed by atoms with E-state index in [-0.39, 0.29) is 6.61 Å². The summed E-state index contributed by atoms with van der Waals surface area (Å²) in [6.07, 6.45) is 0. The Morgan fingerprint density at radius 3 is 2.75 bits per heavy atom. The van der Waals surface area contributed by atoms with Gasteiger partial charge in [0.25, 0.3) is 0 Å². The van der Waals surface area contributed by atoms with Crippen molar-refractivity contribution >= 4 is 17.5 Å². The summed E-state index contributed by atoms with van der Waals surface area (Å²) in [5.74, 6) is -0.527. The third-order valence-corrected chi connectivity index (χ3v) is 1.87. The van der Waals surface area contributed by atoms with E-state index in [9.17, 15) is 4.79 Å². The SMILES string of the molecule is NC(=O)c1ccc(Cl)c(CO)c1. The van der Waals surface area contributed by atoms with Crippen molar-refractivity contribution in [1.82, 2.24) is 0 Å². The summed E-state index contributed by atoms with van der Waals surface area (Å²) in [6, 6.07) is 4.53. The molecule has 0 saturated heterocycles. The minimum absolute atomic E-state index is 0.194. The zero-order chi connectivity index (χ0) is 9.14. The second-order valence-electron chi connectivity index (χ2n) is 2.33. The summed E-state index contributed by atoms with van der Waals surface area (Å²) >= 11 is 5.69. The highest BCUT2D eigenvalue weighted by atomic mass is 35.5. The van der Waals surface area contributed by atoms with Gasteiger partial charge in [-0.2, -0.15) is 0 Å². The second kappa shape index (κ2) is 3.56. The van der Waals surface area contributed by atoms with Gasteiger partial charge in [-0.15, -0.1) is 0 Å². The molecule has 0 aromatic heterocycles. The molecular weight excluding hydrogens is 178 g/mol. The fourth-order valence-electron chi connectivity index (χ4n) is 0.849. The van der Waals surface area contributed by atoms with Crippen LogP contribution in [0.25, 0.3) is 0 Å². The standard InChI is InChI=1S/C8H8ClNO2/c9-7-2-1-5(8(10)12)3-6(7)4-11/h1-3,11H,4H2,(H2,10,12). The van der Waals surface area contributed by atoms with Crippen molar-refractivity contribution in [1.29, 1.82) is 0 Å². The zero-order valence-corrected chi connectivity index (χ0v) is 7.01. The molecule has 0 aliphatic carbocycles. The van der Waals surface area contributed by atoms with Crippen LogP contribution in [0.1, 0.15) is 15.9 Å². The van der Waals surface area contributed by atoms with Crippen LogP contribution in [0.2, 0.25) is 5.02 Å². The highest BCUT2D eigenvalue weighted by Gasteiger charge is 2.04. The number of amides is 1. The minimum Gasteiger partial charge on any atom is -0.392 e. The van der Waals surface area contributed by atoms with E-state index in [1.54, 1.807) is 0 Å². The van der Waals surface area contributed by atoms with Gasteiger partial charge < -0.3 is 10.8 Å². The van der Waals surface area contributed by atoms with E-state index in [0.717, 1.165) is 0 Å². The first-order valence-electron chi connectivity index (χ1n) is 3.34. The molecule has 12 heavy (non-hydrogen) atoms. The van der Waals surface area contributed by atoms with Gasteiger partial charge in [0.05, 0.1) is 6.61 Å². The molecule has 0 radical (unpaired) electrons. The summed E-state index contributed by atoms with van der Waals surface area (Å²) in [7, 11) is 0. The van der Waals surface area contributed by atoms with E-state index in [1.807, 2.05) is 0 Å². The highest BCUT2D eigenvalue weighted by molar-refractivity contribution is 6.31. The molecule has 0 unspecified atom stereocenters. The van der Waals surface area contributed by atoms with Crippen molar-refractivity contribution in [2.45, 2.75) is 6.61 Å². The lowest BCUT2D eigenvalue weighted by atomic mass is 10.1. The molecule has 0 heterocycles. The predicted molar refractivity (Wildman–Crippen MR) is 45.9 cm³/mol. The van der Waals surface area contributed by atoms with Gasteiger partial charge in [0.2, 0.25) is 5.91 Å². The number of rotatable bonds is 2.